The standard InChI is InChI=1S/C26H23ClN8O3/c1-14-30-19-3-2-18(6-21(19)31-14)38-23-5-4-20-25(24(23)27)32-22(8-28-20)15-7-29-35(9-15)17-12-33(13-17)16-10-34(11-16)26(36)37/h2-9,16-17H,10-13H2,1H3,(H,30,31)(H,36,37). The summed E-state index contributed by atoms with van der Waals surface area (Å²) in [6.45, 7) is 4.75. The van der Waals surface area contributed by atoms with Crippen LogP contribution in [0.15, 0.2) is 48.9 Å². The van der Waals surface area contributed by atoms with Crippen molar-refractivity contribution in [1.82, 2.24) is 39.5 Å². The molecule has 0 bridgehead atoms. The minimum absolute atomic E-state index is 0.246. The first-order chi connectivity index (χ1) is 18.4. The van der Waals surface area contributed by atoms with Crippen LogP contribution in [-0.4, -0.2) is 82.9 Å². The number of nitrogens with one attached hydrogen (secondary N) is 1. The van der Waals surface area contributed by atoms with Gasteiger partial charge in [-0.2, -0.15) is 5.10 Å². The monoisotopic (exact) mass is 530 g/mol. The Morgan fingerprint density at radius 1 is 1.08 bits per heavy atom. The molecule has 2 fully saturated rings. The van der Waals surface area contributed by atoms with E-state index in [1.54, 1.807) is 18.5 Å². The van der Waals surface area contributed by atoms with Crippen LogP contribution in [0.5, 0.6) is 11.5 Å². The number of hydrogen-bond acceptors (Lipinski definition) is 7. The molecule has 2 aliphatic heterocycles. The fraction of sp³-hybridized carbons (Fsp3) is 0.269. The number of amides is 1. The molecule has 3 aromatic heterocycles. The molecule has 0 spiro atoms. The summed E-state index contributed by atoms with van der Waals surface area (Å²) >= 11 is 6.74. The SMILES string of the molecule is Cc1nc2ccc(Oc3ccc4ncc(-c5cnn(C6CN(C7CN(C(=O)O)C7)C6)c5)nc4c3Cl)cc2[nH]1. The van der Waals surface area contributed by atoms with E-state index in [2.05, 4.69) is 25.0 Å². The van der Waals surface area contributed by atoms with Crippen molar-refractivity contribution in [1.29, 1.82) is 0 Å². The second-order valence-electron chi connectivity index (χ2n) is 9.76. The van der Waals surface area contributed by atoms with Crippen LogP contribution in [0.3, 0.4) is 0 Å². The van der Waals surface area contributed by atoms with Crippen LogP contribution in [-0.2, 0) is 0 Å². The average Bonchev–Trinajstić information content (AvgIpc) is 3.46. The number of likely N-dealkylation sites (tertiary alicyclic amines) is 2. The van der Waals surface area contributed by atoms with Crippen LogP contribution in [0.4, 0.5) is 4.79 Å². The Labute approximate surface area is 221 Å². The summed E-state index contributed by atoms with van der Waals surface area (Å²) in [4.78, 5) is 31.7. The Bertz CT molecular complexity index is 1700. The van der Waals surface area contributed by atoms with Crippen LogP contribution in [0.1, 0.15) is 11.9 Å². The topological polar surface area (TPSA) is 125 Å². The van der Waals surface area contributed by atoms with Gasteiger partial charge in [-0.15, -0.1) is 0 Å². The molecule has 5 heterocycles. The van der Waals surface area contributed by atoms with E-state index in [1.165, 1.54) is 4.90 Å². The van der Waals surface area contributed by atoms with Gasteiger partial charge in [-0.1, -0.05) is 11.6 Å². The summed E-state index contributed by atoms with van der Waals surface area (Å²) in [5.41, 5.74) is 4.50. The van der Waals surface area contributed by atoms with Crippen molar-refractivity contribution in [2.24, 2.45) is 0 Å². The predicted octanol–water partition coefficient (Wildman–Crippen LogP) is 4.34. The molecule has 1 amide bonds. The first kappa shape index (κ1) is 22.9. The summed E-state index contributed by atoms with van der Waals surface area (Å²) in [6, 6.07) is 9.82. The summed E-state index contributed by atoms with van der Waals surface area (Å²) in [7, 11) is 0. The van der Waals surface area contributed by atoms with E-state index in [0.717, 1.165) is 35.5 Å². The molecule has 2 aromatic carbocycles. The quantitative estimate of drug-likeness (QED) is 0.344. The summed E-state index contributed by atoms with van der Waals surface area (Å²) < 4.78 is 8.04. The molecule has 5 aromatic rings. The second kappa shape index (κ2) is 8.67. The van der Waals surface area contributed by atoms with E-state index in [9.17, 15) is 4.79 Å². The van der Waals surface area contributed by atoms with Crippen molar-refractivity contribution in [3.63, 3.8) is 0 Å². The molecular formula is C26H23ClN8O3. The van der Waals surface area contributed by atoms with Gasteiger partial charge in [0, 0.05) is 50.0 Å². The molecule has 0 saturated carbocycles. The number of halogens is 1. The Morgan fingerprint density at radius 2 is 1.89 bits per heavy atom. The zero-order valence-electron chi connectivity index (χ0n) is 20.4. The molecular weight excluding hydrogens is 508 g/mol. The van der Waals surface area contributed by atoms with Gasteiger partial charge in [0.05, 0.1) is 40.7 Å². The number of rotatable bonds is 5. The zero-order valence-corrected chi connectivity index (χ0v) is 21.1. The van der Waals surface area contributed by atoms with Crippen molar-refractivity contribution >= 4 is 39.8 Å². The molecule has 0 aliphatic carbocycles. The largest absolute Gasteiger partial charge is 0.465 e. The van der Waals surface area contributed by atoms with Gasteiger partial charge < -0.3 is 19.7 Å². The number of hydrogen-bond donors (Lipinski definition) is 2. The number of imidazole rings is 1. The molecule has 0 unspecified atom stereocenters. The third kappa shape index (κ3) is 3.91. The Hall–Kier alpha value is -4.22. The van der Waals surface area contributed by atoms with Gasteiger partial charge in [0.1, 0.15) is 27.9 Å². The third-order valence-electron chi connectivity index (χ3n) is 7.23. The van der Waals surface area contributed by atoms with Gasteiger partial charge in [0.25, 0.3) is 0 Å². The van der Waals surface area contributed by atoms with Crippen LogP contribution < -0.4 is 4.74 Å². The predicted molar refractivity (Wildman–Crippen MR) is 141 cm³/mol. The molecule has 38 heavy (non-hydrogen) atoms. The molecule has 2 saturated heterocycles. The second-order valence-corrected chi connectivity index (χ2v) is 10.1. The number of H-pyrrole nitrogens is 1. The fourth-order valence-corrected chi connectivity index (χ4v) is 5.26. The van der Waals surface area contributed by atoms with Crippen molar-refractivity contribution in [3.8, 4) is 22.8 Å². The molecule has 0 radical (unpaired) electrons. The zero-order chi connectivity index (χ0) is 26.0. The number of nitrogens with zero attached hydrogens (tertiary/aromatic N) is 7. The Morgan fingerprint density at radius 3 is 2.71 bits per heavy atom. The number of aromatic nitrogens is 6. The molecule has 11 nitrogen and oxygen atoms in total. The highest BCUT2D eigenvalue weighted by Gasteiger charge is 2.41. The molecule has 7 rings (SSSR count). The molecule has 0 atom stereocenters. The summed E-state index contributed by atoms with van der Waals surface area (Å²) in [6.07, 6.45) is 4.62. The van der Waals surface area contributed by atoms with Gasteiger partial charge in [-0.25, -0.2) is 14.8 Å². The highest BCUT2D eigenvalue weighted by atomic mass is 35.5. The number of aromatic amines is 1. The van der Waals surface area contributed by atoms with E-state index in [4.69, 9.17) is 26.4 Å². The smallest absolute Gasteiger partial charge is 0.407 e. The Balaban J connectivity index is 1.09. The number of aryl methyl sites for hydroxylation is 1. The third-order valence-corrected chi connectivity index (χ3v) is 7.59. The first-order valence-corrected chi connectivity index (χ1v) is 12.6. The van der Waals surface area contributed by atoms with E-state index in [1.807, 2.05) is 42.1 Å². The van der Waals surface area contributed by atoms with Crippen molar-refractivity contribution < 1.29 is 14.6 Å². The van der Waals surface area contributed by atoms with E-state index < -0.39 is 6.09 Å². The summed E-state index contributed by atoms with van der Waals surface area (Å²) in [5, 5.41) is 14.0. The van der Waals surface area contributed by atoms with Gasteiger partial charge in [-0.05, 0) is 31.2 Å². The molecule has 12 heteroatoms. The number of fused-ring (bicyclic) bond motifs is 2. The maximum Gasteiger partial charge on any atom is 0.407 e. The number of carboxylic acid groups (broad SMARTS) is 1. The van der Waals surface area contributed by atoms with Crippen LogP contribution in [0.2, 0.25) is 5.02 Å². The van der Waals surface area contributed by atoms with Crippen molar-refractivity contribution in [2.75, 3.05) is 26.2 Å². The lowest BCUT2D eigenvalue weighted by Gasteiger charge is -2.50. The minimum Gasteiger partial charge on any atom is -0.465 e. The highest BCUT2D eigenvalue weighted by molar-refractivity contribution is 6.36. The number of ether oxygens (including phenoxy) is 1. The highest BCUT2D eigenvalue weighted by Crippen LogP contribution is 2.36. The normalized spacial score (nSPS) is 16.6. The van der Waals surface area contributed by atoms with Crippen LogP contribution in [0.25, 0.3) is 33.3 Å². The molecule has 192 valence electrons. The van der Waals surface area contributed by atoms with Gasteiger partial charge in [-0.3, -0.25) is 14.6 Å². The summed E-state index contributed by atoms with van der Waals surface area (Å²) in [5.74, 6) is 1.97. The van der Waals surface area contributed by atoms with Crippen molar-refractivity contribution in [2.45, 2.75) is 19.0 Å². The number of benzene rings is 2. The first-order valence-electron chi connectivity index (χ1n) is 12.3. The fourth-order valence-electron chi connectivity index (χ4n) is 5.02. The van der Waals surface area contributed by atoms with E-state index in [-0.39, 0.29) is 6.04 Å². The number of carbonyl (C=O) groups is 1. The maximum absolute atomic E-state index is 11.0. The van der Waals surface area contributed by atoms with E-state index >= 15 is 0 Å². The van der Waals surface area contributed by atoms with Crippen molar-refractivity contribution in [3.05, 3.63) is 59.8 Å². The van der Waals surface area contributed by atoms with Gasteiger partial charge >= 0.3 is 6.09 Å². The Kier molecular flexibility index (Phi) is 5.24. The van der Waals surface area contributed by atoms with Crippen LogP contribution in [0, 0.1) is 6.92 Å². The average molecular weight is 531 g/mol. The van der Waals surface area contributed by atoms with E-state index in [0.29, 0.717) is 52.4 Å². The molecule has 2 aliphatic rings. The molecule has 2 N–H and O–H groups in total. The lowest BCUT2D eigenvalue weighted by atomic mass is 10.0. The van der Waals surface area contributed by atoms with Gasteiger partial charge in [0.15, 0.2) is 0 Å². The van der Waals surface area contributed by atoms with Gasteiger partial charge in [0.2, 0.25) is 0 Å². The lowest BCUT2D eigenvalue weighted by molar-refractivity contribution is -0.0213. The maximum atomic E-state index is 11.0. The van der Waals surface area contributed by atoms with Crippen LogP contribution >= 0.6 is 11.6 Å². The minimum atomic E-state index is -0.851. The lowest BCUT2D eigenvalue weighted by Crippen LogP contribution is -2.66.